The molecule has 29 heavy (non-hydrogen) atoms. The molecule has 2 rings (SSSR count). The fourth-order valence-electron chi connectivity index (χ4n) is 4.60. The van der Waals surface area contributed by atoms with E-state index in [4.69, 9.17) is 0 Å². The molecule has 0 bridgehead atoms. The van der Waals surface area contributed by atoms with Gasteiger partial charge < -0.3 is 0 Å². The highest BCUT2D eigenvalue weighted by molar-refractivity contribution is 6.91. The molecule has 0 saturated heterocycles. The zero-order chi connectivity index (χ0) is 21.1. The summed E-state index contributed by atoms with van der Waals surface area (Å²) in [4.78, 5) is 0. The molecule has 0 spiro atoms. The topological polar surface area (TPSA) is 0 Å². The molecular formula is C28H46Si. The highest BCUT2D eigenvalue weighted by Gasteiger charge is 2.33. The van der Waals surface area contributed by atoms with Gasteiger partial charge >= 0.3 is 0 Å². The third-order valence-electron chi connectivity index (χ3n) is 6.72. The predicted molar refractivity (Wildman–Crippen MR) is 135 cm³/mol. The van der Waals surface area contributed by atoms with Crippen molar-refractivity contribution in [3.63, 3.8) is 0 Å². The highest BCUT2D eigenvalue weighted by atomic mass is 28.3. The summed E-state index contributed by atoms with van der Waals surface area (Å²) >= 11 is 0. The molecule has 0 heterocycles. The summed E-state index contributed by atoms with van der Waals surface area (Å²) in [7, 11) is -1.55. The summed E-state index contributed by atoms with van der Waals surface area (Å²) in [5.74, 6) is 0. The Kier molecular flexibility index (Phi) is 10.5. The van der Waals surface area contributed by atoms with Crippen LogP contribution in [-0.4, -0.2) is 8.07 Å². The molecule has 0 nitrogen and oxygen atoms in total. The Hall–Kier alpha value is -1.08. The van der Waals surface area contributed by atoms with Crippen LogP contribution in [0.3, 0.4) is 0 Å². The largest absolute Gasteiger partial charge is 0.0912 e. The minimum atomic E-state index is -1.55. The molecule has 162 valence electrons. The van der Waals surface area contributed by atoms with Crippen LogP contribution in [-0.2, 0) is 12.8 Å². The summed E-state index contributed by atoms with van der Waals surface area (Å²) < 4.78 is 0. The maximum atomic E-state index is 2.59. The number of aryl methyl sites for hydroxylation is 2. The number of benzene rings is 1. The zero-order valence-corrected chi connectivity index (χ0v) is 21.0. The van der Waals surface area contributed by atoms with Gasteiger partial charge in [0.2, 0.25) is 0 Å². The van der Waals surface area contributed by atoms with Crippen molar-refractivity contribution in [3.8, 4) is 0 Å². The smallest absolute Gasteiger partial charge is 0.0797 e. The van der Waals surface area contributed by atoms with Crippen LogP contribution < -0.4 is 5.19 Å². The number of hydrogen-bond acceptors (Lipinski definition) is 0. The van der Waals surface area contributed by atoms with Crippen LogP contribution in [0.25, 0.3) is 0 Å². The Morgan fingerprint density at radius 2 is 1.28 bits per heavy atom. The van der Waals surface area contributed by atoms with E-state index in [9.17, 15) is 0 Å². The van der Waals surface area contributed by atoms with E-state index in [1.165, 1.54) is 77.0 Å². The lowest BCUT2D eigenvalue weighted by Crippen LogP contribution is -2.45. The molecule has 1 atom stereocenters. The molecule has 0 amide bonds. The number of unbranched alkanes of at least 4 members (excludes halogenated alkanes) is 6. The SMILES string of the molecule is CCCCCCc1cc(CCCCCC)cc([Si](C)(C)C2C=CC(CCC)=C2)c1. The van der Waals surface area contributed by atoms with Gasteiger partial charge in [0, 0.05) is 0 Å². The van der Waals surface area contributed by atoms with Gasteiger partial charge in [-0.15, -0.1) is 0 Å². The first kappa shape index (κ1) is 24.2. The van der Waals surface area contributed by atoms with Crippen LogP contribution in [0.2, 0.25) is 18.6 Å². The van der Waals surface area contributed by atoms with Crippen molar-refractivity contribution in [3.05, 3.63) is 53.1 Å². The first-order valence-electron chi connectivity index (χ1n) is 12.5. The molecule has 1 aromatic rings. The summed E-state index contributed by atoms with van der Waals surface area (Å²) in [5, 5.41) is 1.68. The Bertz CT molecular complexity index is 635. The third-order valence-corrected chi connectivity index (χ3v) is 10.5. The quantitative estimate of drug-likeness (QED) is 0.213. The van der Waals surface area contributed by atoms with Crippen molar-refractivity contribution in [2.45, 2.75) is 116 Å². The summed E-state index contributed by atoms with van der Waals surface area (Å²) in [6.07, 6.45) is 23.4. The Morgan fingerprint density at radius 3 is 1.79 bits per heavy atom. The Labute approximate surface area is 182 Å². The van der Waals surface area contributed by atoms with E-state index in [2.05, 4.69) is 70.3 Å². The van der Waals surface area contributed by atoms with E-state index < -0.39 is 8.07 Å². The molecular weight excluding hydrogens is 364 g/mol. The standard InChI is InChI=1S/C28H46Si/c1-6-9-11-13-16-25-20-26(17-14-12-10-7-2)23-28(22-25)29(4,5)27-19-18-24(21-27)15-8-3/h18-23,27H,6-17H2,1-5H3. The van der Waals surface area contributed by atoms with Crippen LogP contribution >= 0.6 is 0 Å². The maximum Gasteiger partial charge on any atom is 0.0912 e. The summed E-state index contributed by atoms with van der Waals surface area (Å²) in [5.41, 5.74) is 5.43. The summed E-state index contributed by atoms with van der Waals surface area (Å²) in [6, 6.07) is 7.72. The molecule has 1 aromatic carbocycles. The Morgan fingerprint density at radius 1 is 0.690 bits per heavy atom. The zero-order valence-electron chi connectivity index (χ0n) is 20.0. The van der Waals surface area contributed by atoms with Crippen molar-refractivity contribution >= 4 is 13.3 Å². The van der Waals surface area contributed by atoms with E-state index in [-0.39, 0.29) is 0 Å². The number of rotatable bonds is 14. The molecule has 1 aliphatic rings. The second kappa shape index (κ2) is 12.6. The van der Waals surface area contributed by atoms with Crippen molar-refractivity contribution < 1.29 is 0 Å². The lowest BCUT2D eigenvalue weighted by Gasteiger charge is -2.29. The molecule has 0 saturated carbocycles. The fourth-order valence-corrected chi connectivity index (χ4v) is 7.31. The minimum absolute atomic E-state index is 0.660. The van der Waals surface area contributed by atoms with Gasteiger partial charge in [-0.1, -0.05) is 126 Å². The van der Waals surface area contributed by atoms with E-state index in [0.29, 0.717) is 5.54 Å². The average molecular weight is 411 g/mol. The van der Waals surface area contributed by atoms with Gasteiger partial charge in [-0.25, -0.2) is 0 Å². The first-order chi connectivity index (χ1) is 14.0. The van der Waals surface area contributed by atoms with Crippen LogP contribution in [0.15, 0.2) is 42.0 Å². The molecule has 1 unspecified atom stereocenters. The first-order valence-corrected chi connectivity index (χ1v) is 15.6. The number of allylic oxidation sites excluding steroid dienone is 4. The van der Waals surface area contributed by atoms with E-state index >= 15 is 0 Å². The van der Waals surface area contributed by atoms with Crippen LogP contribution in [0.1, 0.15) is 96.1 Å². The normalized spacial score (nSPS) is 16.4. The van der Waals surface area contributed by atoms with Crippen LogP contribution in [0.5, 0.6) is 0 Å². The number of hydrogen-bond donors (Lipinski definition) is 0. The highest BCUT2D eigenvalue weighted by Crippen LogP contribution is 2.33. The van der Waals surface area contributed by atoms with Gasteiger partial charge in [-0.3, -0.25) is 0 Å². The summed E-state index contributed by atoms with van der Waals surface area (Å²) in [6.45, 7) is 12.1. The van der Waals surface area contributed by atoms with Gasteiger partial charge in [0.05, 0.1) is 8.07 Å². The van der Waals surface area contributed by atoms with E-state index in [1.54, 1.807) is 21.9 Å². The van der Waals surface area contributed by atoms with Gasteiger partial charge in [-0.05, 0) is 48.8 Å². The monoisotopic (exact) mass is 410 g/mol. The molecule has 0 aliphatic heterocycles. The fraction of sp³-hybridized carbons (Fsp3) is 0.643. The molecule has 0 fully saturated rings. The van der Waals surface area contributed by atoms with Crippen molar-refractivity contribution in [2.75, 3.05) is 0 Å². The maximum absolute atomic E-state index is 2.59. The van der Waals surface area contributed by atoms with Crippen LogP contribution in [0, 0.1) is 0 Å². The third kappa shape index (κ3) is 7.59. The minimum Gasteiger partial charge on any atom is -0.0797 e. The molecule has 0 N–H and O–H groups in total. The lowest BCUT2D eigenvalue weighted by molar-refractivity contribution is 0.661. The van der Waals surface area contributed by atoms with E-state index in [1.807, 2.05) is 0 Å². The molecule has 1 heteroatoms. The molecule has 0 radical (unpaired) electrons. The van der Waals surface area contributed by atoms with E-state index in [0.717, 1.165) is 0 Å². The van der Waals surface area contributed by atoms with Crippen molar-refractivity contribution in [2.24, 2.45) is 0 Å². The second-order valence-corrected chi connectivity index (χ2v) is 14.4. The second-order valence-electron chi connectivity index (χ2n) is 9.76. The molecule has 1 aliphatic carbocycles. The van der Waals surface area contributed by atoms with Gasteiger partial charge in [-0.2, -0.15) is 0 Å². The average Bonchev–Trinajstić information content (AvgIpc) is 3.18. The molecule has 0 aromatic heterocycles. The Balaban J connectivity index is 2.19. The van der Waals surface area contributed by atoms with Crippen LogP contribution in [0.4, 0.5) is 0 Å². The van der Waals surface area contributed by atoms with Gasteiger partial charge in [0.25, 0.3) is 0 Å². The lowest BCUT2D eigenvalue weighted by atomic mass is 10.0. The predicted octanol–water partition coefficient (Wildman–Crippen LogP) is 8.51. The van der Waals surface area contributed by atoms with Crippen molar-refractivity contribution in [1.29, 1.82) is 0 Å². The van der Waals surface area contributed by atoms with Gasteiger partial charge in [0.1, 0.15) is 0 Å². The van der Waals surface area contributed by atoms with Gasteiger partial charge in [0.15, 0.2) is 0 Å². The van der Waals surface area contributed by atoms with Crippen molar-refractivity contribution in [1.82, 2.24) is 0 Å².